The molecule has 1 N–H and O–H groups in total. The molecule has 188 valence electrons. The Morgan fingerprint density at radius 2 is 1.94 bits per heavy atom. The molecular weight excluding hydrogens is 460 g/mol. The van der Waals surface area contributed by atoms with E-state index in [0.717, 1.165) is 31.2 Å². The van der Waals surface area contributed by atoms with Crippen LogP contribution in [0.15, 0.2) is 42.9 Å². The number of nitrogens with one attached hydrogen (secondary N) is 1. The second kappa shape index (κ2) is 10.4. The molecule has 10 nitrogen and oxygen atoms in total. The van der Waals surface area contributed by atoms with Gasteiger partial charge in [-0.2, -0.15) is 5.10 Å². The normalized spacial score (nSPS) is 15.9. The van der Waals surface area contributed by atoms with Gasteiger partial charge in [-0.1, -0.05) is 0 Å². The summed E-state index contributed by atoms with van der Waals surface area (Å²) in [5.41, 5.74) is 1.30. The van der Waals surface area contributed by atoms with Crippen LogP contribution < -0.4 is 15.0 Å². The third-order valence-corrected chi connectivity index (χ3v) is 6.36. The Kier molecular flexibility index (Phi) is 6.95. The zero-order valence-corrected chi connectivity index (χ0v) is 20.5. The summed E-state index contributed by atoms with van der Waals surface area (Å²) >= 11 is 0. The maximum atomic E-state index is 13.2. The van der Waals surface area contributed by atoms with Crippen LogP contribution in [0.25, 0.3) is 0 Å². The molecule has 36 heavy (non-hydrogen) atoms. The summed E-state index contributed by atoms with van der Waals surface area (Å²) in [6.07, 6.45) is 8.59. The summed E-state index contributed by atoms with van der Waals surface area (Å²) in [6, 6.07) is 6.97. The van der Waals surface area contributed by atoms with Crippen molar-refractivity contribution in [2.75, 3.05) is 30.0 Å². The highest BCUT2D eigenvalue weighted by Crippen LogP contribution is 2.33. The molecule has 0 bridgehead atoms. The van der Waals surface area contributed by atoms with E-state index in [1.165, 1.54) is 6.20 Å². The number of rotatable bonds is 8. The Bertz CT molecular complexity index is 1230. The molecule has 2 amide bonds. The fourth-order valence-electron chi connectivity index (χ4n) is 4.25. The van der Waals surface area contributed by atoms with E-state index in [1.54, 1.807) is 47.2 Å². The third kappa shape index (κ3) is 5.88. The number of hydrogen-bond acceptors (Lipinski definition) is 7. The van der Waals surface area contributed by atoms with Crippen molar-refractivity contribution in [2.45, 2.75) is 32.6 Å². The average Bonchev–Trinajstić information content (AvgIpc) is 3.62. The lowest BCUT2D eigenvalue weighted by atomic mass is 9.98. The van der Waals surface area contributed by atoms with Gasteiger partial charge in [0.1, 0.15) is 5.75 Å². The predicted molar refractivity (Wildman–Crippen MR) is 133 cm³/mol. The minimum atomic E-state index is -0.286. The van der Waals surface area contributed by atoms with E-state index in [0.29, 0.717) is 48.6 Å². The zero-order valence-electron chi connectivity index (χ0n) is 20.5. The minimum Gasteiger partial charge on any atom is -0.437 e. The summed E-state index contributed by atoms with van der Waals surface area (Å²) in [4.78, 5) is 36.6. The molecule has 2 aromatic heterocycles. The first-order valence-corrected chi connectivity index (χ1v) is 12.3. The van der Waals surface area contributed by atoms with Gasteiger partial charge in [-0.15, -0.1) is 0 Å². The van der Waals surface area contributed by atoms with Crippen LogP contribution in [-0.4, -0.2) is 51.3 Å². The lowest BCUT2D eigenvalue weighted by molar-refractivity contribution is -0.125. The molecular formula is C26H30N6O4. The summed E-state index contributed by atoms with van der Waals surface area (Å²) in [7, 11) is 1.78. The number of nitrogens with zero attached hydrogens (tertiary/aromatic N) is 5. The van der Waals surface area contributed by atoms with Crippen molar-refractivity contribution >= 4 is 23.5 Å². The number of hydrogen-bond donors (Lipinski definition) is 1. The molecule has 10 heteroatoms. The number of ether oxygens (including phenoxy) is 2. The standard InChI is InChI=1S/C26H30N6O4/c1-17-11-20(25(33)29-22-5-8-31(2)30-22)13-21(12-17)36-24-15-27-23(14-28-24)32(16-18-3-4-18)26(34)19-6-9-35-10-7-19/h5,8,11-15,18-19H,3-4,6-7,9-10,16H2,1-2H3,(H,29,30,33). The van der Waals surface area contributed by atoms with Gasteiger partial charge in [-0.3, -0.25) is 19.2 Å². The van der Waals surface area contributed by atoms with E-state index in [1.807, 2.05) is 13.0 Å². The first-order valence-electron chi connectivity index (χ1n) is 12.3. The lowest BCUT2D eigenvalue weighted by Crippen LogP contribution is -2.40. The van der Waals surface area contributed by atoms with Gasteiger partial charge in [-0.25, -0.2) is 9.97 Å². The van der Waals surface area contributed by atoms with Crippen molar-refractivity contribution in [2.24, 2.45) is 18.9 Å². The summed E-state index contributed by atoms with van der Waals surface area (Å²) in [6.45, 7) is 3.78. The predicted octanol–water partition coefficient (Wildman–Crippen LogP) is 3.73. The van der Waals surface area contributed by atoms with Gasteiger partial charge in [0.15, 0.2) is 11.6 Å². The smallest absolute Gasteiger partial charge is 0.257 e. The number of aromatic nitrogens is 4. The minimum absolute atomic E-state index is 0.0434. The summed E-state index contributed by atoms with van der Waals surface area (Å²) in [5.74, 6) is 2.04. The molecule has 1 aliphatic carbocycles. The molecule has 1 saturated heterocycles. The quantitative estimate of drug-likeness (QED) is 0.512. The summed E-state index contributed by atoms with van der Waals surface area (Å²) in [5, 5.41) is 6.95. The van der Waals surface area contributed by atoms with Gasteiger partial charge < -0.3 is 14.8 Å². The molecule has 1 saturated carbocycles. The summed E-state index contributed by atoms with van der Waals surface area (Å²) < 4.78 is 13.0. The van der Waals surface area contributed by atoms with Crippen molar-refractivity contribution in [1.29, 1.82) is 0 Å². The van der Waals surface area contributed by atoms with Crippen molar-refractivity contribution in [1.82, 2.24) is 19.7 Å². The molecule has 1 aliphatic heterocycles. The molecule has 0 unspecified atom stereocenters. The van der Waals surface area contributed by atoms with E-state index >= 15 is 0 Å². The molecule has 3 heterocycles. The first-order chi connectivity index (χ1) is 17.4. The number of amides is 2. The van der Waals surface area contributed by atoms with E-state index in [9.17, 15) is 9.59 Å². The van der Waals surface area contributed by atoms with E-state index in [4.69, 9.17) is 9.47 Å². The Labute approximate surface area is 209 Å². The number of benzene rings is 1. The van der Waals surface area contributed by atoms with Crippen molar-refractivity contribution < 1.29 is 19.1 Å². The molecule has 5 rings (SSSR count). The Balaban J connectivity index is 1.29. The maximum Gasteiger partial charge on any atom is 0.257 e. The number of anilines is 2. The second-order valence-corrected chi connectivity index (χ2v) is 9.46. The van der Waals surface area contributed by atoms with Crippen LogP contribution in [0.3, 0.4) is 0 Å². The van der Waals surface area contributed by atoms with Crippen molar-refractivity contribution in [3.8, 4) is 11.6 Å². The van der Waals surface area contributed by atoms with Gasteiger partial charge >= 0.3 is 0 Å². The number of aryl methyl sites for hydroxylation is 2. The van der Waals surface area contributed by atoms with Crippen molar-refractivity contribution in [3.05, 3.63) is 54.0 Å². The number of carbonyl (C=O) groups excluding carboxylic acids is 2. The van der Waals surface area contributed by atoms with E-state index in [2.05, 4.69) is 20.4 Å². The average molecular weight is 491 g/mol. The van der Waals surface area contributed by atoms with Gasteiger partial charge in [0, 0.05) is 50.6 Å². The highest BCUT2D eigenvalue weighted by molar-refractivity contribution is 6.04. The topological polar surface area (TPSA) is 111 Å². The third-order valence-electron chi connectivity index (χ3n) is 6.36. The van der Waals surface area contributed by atoms with Crippen molar-refractivity contribution in [3.63, 3.8) is 0 Å². The Hall–Kier alpha value is -3.79. The van der Waals surface area contributed by atoms with E-state index in [-0.39, 0.29) is 23.6 Å². The van der Waals surface area contributed by atoms with Crippen LogP contribution in [0.2, 0.25) is 0 Å². The first kappa shape index (κ1) is 23.9. The van der Waals surface area contributed by atoms with Gasteiger partial charge in [0.2, 0.25) is 11.8 Å². The van der Waals surface area contributed by atoms with Crippen LogP contribution in [0.1, 0.15) is 41.6 Å². The fourth-order valence-corrected chi connectivity index (χ4v) is 4.25. The molecule has 1 aromatic carbocycles. The SMILES string of the molecule is Cc1cc(Oc2cnc(N(CC3CC3)C(=O)C3CCOCC3)cn2)cc(C(=O)Nc2ccn(C)n2)c1. The van der Waals surface area contributed by atoms with Gasteiger partial charge in [0.05, 0.1) is 12.4 Å². The van der Waals surface area contributed by atoms with Crippen LogP contribution in [0, 0.1) is 18.8 Å². The molecule has 0 radical (unpaired) electrons. The molecule has 0 spiro atoms. The second-order valence-electron chi connectivity index (χ2n) is 9.46. The monoisotopic (exact) mass is 490 g/mol. The lowest BCUT2D eigenvalue weighted by Gasteiger charge is -2.28. The zero-order chi connectivity index (χ0) is 25.1. The number of carbonyl (C=O) groups is 2. The largest absolute Gasteiger partial charge is 0.437 e. The fraction of sp³-hybridized carbons (Fsp3) is 0.423. The van der Waals surface area contributed by atoms with E-state index < -0.39 is 0 Å². The molecule has 2 aliphatic rings. The Morgan fingerprint density at radius 3 is 2.61 bits per heavy atom. The molecule has 0 atom stereocenters. The van der Waals surface area contributed by atoms with Crippen LogP contribution in [0.4, 0.5) is 11.6 Å². The van der Waals surface area contributed by atoms with Crippen LogP contribution in [-0.2, 0) is 16.6 Å². The van der Waals surface area contributed by atoms with Crippen LogP contribution in [0.5, 0.6) is 11.6 Å². The van der Waals surface area contributed by atoms with Gasteiger partial charge in [0.25, 0.3) is 5.91 Å². The Morgan fingerprint density at radius 1 is 1.14 bits per heavy atom. The highest BCUT2D eigenvalue weighted by Gasteiger charge is 2.33. The molecule has 3 aromatic rings. The van der Waals surface area contributed by atoms with Crippen LogP contribution >= 0.6 is 0 Å². The molecule has 2 fully saturated rings. The van der Waals surface area contributed by atoms with Gasteiger partial charge in [-0.05, 0) is 62.3 Å². The maximum absolute atomic E-state index is 13.2. The highest BCUT2D eigenvalue weighted by atomic mass is 16.5.